The van der Waals surface area contributed by atoms with Gasteiger partial charge in [-0.1, -0.05) is 28.1 Å². The van der Waals surface area contributed by atoms with Crippen LogP contribution in [0.15, 0.2) is 72.2 Å². The standard InChI is InChI=1S/C41H33Br3N4O6S2/c1-51-32-10-28-30(45-15-26-8-36-24(6-38(43)55-36)17-47(26)40(28)49)12-34(32)53-19-22-3-21(14-42)4-23(5-22)20-54-35-13-31-29(11-33(35)52-2)41(50)48-18-25-7-39(44)56-37(25)9-27(48)16-46-31/h3-7,10-13,15-16,26-27H,8-9,14,17-20H2,1-2H3/t26-,27-/m0/s1. The molecule has 4 aliphatic rings. The Bertz CT molecular complexity index is 2320. The lowest BCUT2D eigenvalue weighted by Crippen LogP contribution is -2.44. The van der Waals surface area contributed by atoms with Gasteiger partial charge in [0.05, 0.1) is 56.4 Å². The highest BCUT2D eigenvalue weighted by atomic mass is 79.9. The van der Waals surface area contributed by atoms with E-state index < -0.39 is 0 Å². The number of hydrogen-bond donors (Lipinski definition) is 0. The van der Waals surface area contributed by atoms with Gasteiger partial charge in [-0.25, -0.2) is 0 Å². The van der Waals surface area contributed by atoms with E-state index in [0.29, 0.717) is 63.9 Å². The van der Waals surface area contributed by atoms with E-state index >= 15 is 0 Å². The maximum atomic E-state index is 13.8. The average Bonchev–Trinajstić information content (AvgIpc) is 3.69. The van der Waals surface area contributed by atoms with Gasteiger partial charge in [0.1, 0.15) is 13.2 Å². The normalized spacial score (nSPS) is 17.9. The molecule has 2 atom stereocenters. The summed E-state index contributed by atoms with van der Waals surface area (Å²) in [5.41, 5.74) is 7.29. The molecule has 0 radical (unpaired) electrons. The van der Waals surface area contributed by atoms with Crippen LogP contribution in [-0.2, 0) is 44.5 Å². The molecule has 5 aromatic rings. The molecule has 0 unspecified atom stereocenters. The lowest BCUT2D eigenvalue weighted by Gasteiger charge is -2.32. The number of fused-ring (bicyclic) bond motifs is 6. The molecule has 2 aromatic heterocycles. The van der Waals surface area contributed by atoms with Gasteiger partial charge < -0.3 is 28.7 Å². The quantitative estimate of drug-likeness (QED) is 0.136. The van der Waals surface area contributed by atoms with E-state index in [2.05, 4.69) is 72.1 Å². The number of halogens is 3. The fourth-order valence-electron chi connectivity index (χ4n) is 7.63. The SMILES string of the molecule is COc1cc2c(cc1OCc1cc(CBr)cc(COc3cc4c(cc3OC)C(=O)N3Cc5cc(Br)sc5C[C@H]3C=N4)c1)N=C[C@@H]1Cc3sc(Br)cc3CN1C2=O. The van der Waals surface area contributed by atoms with Crippen molar-refractivity contribution >= 4 is 106 Å². The fraction of sp³-hybridized carbons (Fsp3) is 0.268. The highest BCUT2D eigenvalue weighted by molar-refractivity contribution is 9.11. The number of rotatable bonds is 9. The molecule has 0 fully saturated rings. The third kappa shape index (κ3) is 7.10. The summed E-state index contributed by atoms with van der Waals surface area (Å²) in [5, 5.41) is 0.633. The first kappa shape index (κ1) is 37.6. The van der Waals surface area contributed by atoms with Crippen LogP contribution in [0.25, 0.3) is 0 Å². The number of aliphatic imine (C=N–C) groups is 2. The summed E-state index contributed by atoms with van der Waals surface area (Å²) in [4.78, 5) is 43.5. The number of hydrogen-bond acceptors (Lipinski definition) is 10. The van der Waals surface area contributed by atoms with Crippen molar-refractivity contribution in [3.8, 4) is 23.0 Å². The molecule has 0 saturated heterocycles. The van der Waals surface area contributed by atoms with E-state index in [0.717, 1.165) is 48.2 Å². The number of nitrogens with zero attached hydrogens (tertiary/aromatic N) is 4. The van der Waals surface area contributed by atoms with Gasteiger partial charge in [-0.05, 0) is 90.0 Å². The Morgan fingerprint density at radius 1 is 0.643 bits per heavy atom. The number of ether oxygens (including phenoxy) is 4. The summed E-state index contributed by atoms with van der Waals surface area (Å²) < 4.78 is 26.3. The third-order valence-electron chi connectivity index (χ3n) is 10.4. The van der Waals surface area contributed by atoms with Gasteiger partial charge in [0.15, 0.2) is 23.0 Å². The number of thiophene rings is 2. The van der Waals surface area contributed by atoms with Crippen molar-refractivity contribution in [1.29, 1.82) is 0 Å². The van der Waals surface area contributed by atoms with Crippen LogP contribution < -0.4 is 18.9 Å². The Kier molecular flexibility index (Phi) is 10.3. The molecule has 0 bridgehead atoms. The van der Waals surface area contributed by atoms with Crippen LogP contribution in [-0.4, -0.2) is 60.3 Å². The van der Waals surface area contributed by atoms with Crippen molar-refractivity contribution in [2.45, 2.75) is 56.6 Å². The Balaban J connectivity index is 0.922. The number of benzene rings is 3. The number of amides is 2. The van der Waals surface area contributed by atoms with Crippen molar-refractivity contribution in [3.05, 3.63) is 111 Å². The molecule has 0 aliphatic carbocycles. The molecule has 286 valence electrons. The van der Waals surface area contributed by atoms with E-state index in [9.17, 15) is 9.59 Å². The molecular formula is C41H33Br3N4O6S2. The van der Waals surface area contributed by atoms with Gasteiger partial charge in [0.2, 0.25) is 0 Å². The van der Waals surface area contributed by atoms with Gasteiger partial charge >= 0.3 is 0 Å². The summed E-state index contributed by atoms with van der Waals surface area (Å²) in [7, 11) is 3.14. The van der Waals surface area contributed by atoms with Crippen molar-refractivity contribution in [2.75, 3.05) is 14.2 Å². The highest BCUT2D eigenvalue weighted by Crippen LogP contribution is 2.42. The van der Waals surface area contributed by atoms with Gasteiger partial charge in [0, 0.05) is 65.6 Å². The van der Waals surface area contributed by atoms with E-state index in [1.165, 1.54) is 9.75 Å². The molecule has 15 heteroatoms. The zero-order valence-corrected chi connectivity index (χ0v) is 36.5. The zero-order valence-electron chi connectivity index (χ0n) is 30.1. The van der Waals surface area contributed by atoms with Crippen LogP contribution in [0.4, 0.5) is 11.4 Å². The summed E-state index contributed by atoms with van der Waals surface area (Å²) in [5.74, 6) is 1.73. The molecule has 9 rings (SSSR count). The molecule has 0 N–H and O–H groups in total. The molecule has 0 saturated carbocycles. The minimum Gasteiger partial charge on any atom is -0.493 e. The maximum absolute atomic E-state index is 13.8. The topological polar surface area (TPSA) is 102 Å². The van der Waals surface area contributed by atoms with Crippen molar-refractivity contribution in [3.63, 3.8) is 0 Å². The number of carbonyl (C=O) groups is 2. The first-order valence-corrected chi connectivity index (χ1v) is 22.1. The van der Waals surface area contributed by atoms with Crippen molar-refractivity contribution < 1.29 is 28.5 Å². The number of methoxy groups -OCH3 is 2. The summed E-state index contributed by atoms with van der Waals surface area (Å²) in [6.07, 6.45) is 5.20. The molecule has 3 aromatic carbocycles. The maximum Gasteiger partial charge on any atom is 0.257 e. The minimum atomic E-state index is -0.127. The van der Waals surface area contributed by atoms with Crippen LogP contribution in [0.5, 0.6) is 23.0 Å². The number of alkyl halides is 1. The Labute approximate surface area is 356 Å². The van der Waals surface area contributed by atoms with Crippen LogP contribution >= 0.6 is 70.5 Å². The van der Waals surface area contributed by atoms with E-state index in [4.69, 9.17) is 28.9 Å². The summed E-state index contributed by atoms with van der Waals surface area (Å²) in [6, 6.07) is 17.1. The molecule has 4 aliphatic heterocycles. The second-order valence-corrected chi connectivity index (χ2v) is 19.5. The second-order valence-electron chi connectivity index (χ2n) is 13.9. The van der Waals surface area contributed by atoms with Crippen LogP contribution in [0.3, 0.4) is 0 Å². The molecule has 10 nitrogen and oxygen atoms in total. The van der Waals surface area contributed by atoms with Gasteiger partial charge in [-0.15, -0.1) is 22.7 Å². The van der Waals surface area contributed by atoms with E-state index in [1.807, 2.05) is 28.3 Å². The average molecular weight is 982 g/mol. The van der Waals surface area contributed by atoms with Crippen molar-refractivity contribution in [1.82, 2.24) is 9.80 Å². The second kappa shape index (κ2) is 15.4. The lowest BCUT2D eigenvalue weighted by atomic mass is 10.0. The summed E-state index contributed by atoms with van der Waals surface area (Å²) >= 11 is 14.2. The molecular weight excluding hydrogens is 948 g/mol. The number of carbonyl (C=O) groups excluding carboxylic acids is 2. The Morgan fingerprint density at radius 3 is 1.52 bits per heavy atom. The highest BCUT2D eigenvalue weighted by Gasteiger charge is 2.36. The molecule has 56 heavy (non-hydrogen) atoms. The summed E-state index contributed by atoms with van der Waals surface area (Å²) in [6.45, 7) is 1.55. The first-order valence-electron chi connectivity index (χ1n) is 17.8. The van der Waals surface area contributed by atoms with E-state index in [-0.39, 0.29) is 37.1 Å². The van der Waals surface area contributed by atoms with Gasteiger partial charge in [-0.3, -0.25) is 19.6 Å². The Morgan fingerprint density at radius 2 is 1.09 bits per heavy atom. The predicted molar refractivity (Wildman–Crippen MR) is 229 cm³/mol. The monoisotopic (exact) mass is 978 g/mol. The minimum absolute atomic E-state index is 0.0825. The van der Waals surface area contributed by atoms with Gasteiger partial charge in [-0.2, -0.15) is 0 Å². The largest absolute Gasteiger partial charge is 0.493 e. The predicted octanol–water partition coefficient (Wildman–Crippen LogP) is 9.97. The van der Waals surface area contributed by atoms with Crippen LogP contribution in [0, 0.1) is 0 Å². The van der Waals surface area contributed by atoms with E-state index in [1.54, 1.807) is 61.2 Å². The lowest BCUT2D eigenvalue weighted by molar-refractivity contribution is 0.0697. The van der Waals surface area contributed by atoms with Crippen LogP contribution in [0.2, 0.25) is 0 Å². The molecule has 6 heterocycles. The zero-order chi connectivity index (χ0) is 38.7. The van der Waals surface area contributed by atoms with Crippen molar-refractivity contribution in [2.24, 2.45) is 9.98 Å². The van der Waals surface area contributed by atoms with Gasteiger partial charge in [0.25, 0.3) is 11.8 Å². The third-order valence-corrected chi connectivity index (χ3v) is 14.4. The van der Waals surface area contributed by atoms with Crippen LogP contribution in [0.1, 0.15) is 58.3 Å². The fourth-order valence-corrected chi connectivity index (χ4v) is 11.6. The first-order chi connectivity index (χ1) is 27.2. The molecule has 0 spiro atoms. The smallest absolute Gasteiger partial charge is 0.257 e. The Hall–Kier alpha value is -4.02. The molecule has 2 amide bonds.